The van der Waals surface area contributed by atoms with Gasteiger partial charge in [0.2, 0.25) is 0 Å². The van der Waals surface area contributed by atoms with Crippen LogP contribution in [0.2, 0.25) is 0 Å². The Morgan fingerprint density at radius 2 is 1.39 bits per heavy atom. The molecule has 0 aliphatic rings. The molecule has 1 unspecified atom stereocenters. The zero-order valence-corrected chi connectivity index (χ0v) is 15.5. The van der Waals surface area contributed by atoms with Crippen molar-refractivity contribution in [3.8, 4) is 0 Å². The van der Waals surface area contributed by atoms with Gasteiger partial charge in [0, 0.05) is 18.3 Å². The maximum absolute atomic E-state index is 9.66. The van der Waals surface area contributed by atoms with Gasteiger partial charge in [-0.2, -0.15) is 0 Å². The van der Waals surface area contributed by atoms with Crippen molar-refractivity contribution in [2.45, 2.75) is 19.1 Å². The van der Waals surface area contributed by atoms with Crippen molar-refractivity contribution < 1.29 is 29.2 Å². The summed E-state index contributed by atoms with van der Waals surface area (Å²) in [5.74, 6) is 0.130. The van der Waals surface area contributed by atoms with Crippen LogP contribution >= 0.6 is 15.9 Å². The van der Waals surface area contributed by atoms with Gasteiger partial charge in [0.05, 0.1) is 58.6 Å². The third kappa shape index (κ3) is 18.0. The van der Waals surface area contributed by atoms with Gasteiger partial charge in [-0.05, 0) is 6.92 Å². The van der Waals surface area contributed by atoms with Crippen molar-refractivity contribution in [2.75, 3.05) is 64.7 Å². The first kappa shape index (κ1) is 22.8. The minimum Gasteiger partial charge on any atom is -0.513 e. The number of aliphatic hydroxyl groups is 2. The summed E-state index contributed by atoms with van der Waals surface area (Å²) >= 11 is 3.21. The highest BCUT2D eigenvalue weighted by Crippen LogP contribution is 2.01. The Morgan fingerprint density at radius 1 is 0.957 bits per heavy atom. The average Bonchev–Trinajstić information content (AvgIpc) is 2.50. The topological polar surface area (TPSA) is 89.4 Å². The Hall–Kier alpha value is -0.220. The molecule has 0 bridgehead atoms. The fraction of sp³-hybridized carbons (Fsp3) is 0.867. The molecule has 3 N–H and O–H groups in total. The van der Waals surface area contributed by atoms with Gasteiger partial charge in [0.15, 0.2) is 0 Å². The molecule has 0 rings (SSSR count). The highest BCUT2D eigenvalue weighted by Gasteiger charge is 2.16. The zero-order chi connectivity index (χ0) is 17.4. The number of ether oxygens (including phenoxy) is 4. The molecular formula is C15H30BrNO6. The lowest BCUT2D eigenvalue weighted by Gasteiger charge is -2.21. The predicted octanol–water partition coefficient (Wildman–Crippen LogP) is 1.21. The lowest BCUT2D eigenvalue weighted by atomic mass is 10.3. The highest BCUT2D eigenvalue weighted by atomic mass is 79.9. The highest BCUT2D eigenvalue weighted by molar-refractivity contribution is 9.09. The van der Waals surface area contributed by atoms with E-state index in [4.69, 9.17) is 24.1 Å². The summed E-state index contributed by atoms with van der Waals surface area (Å²) in [6.45, 7) is 9.61. The van der Waals surface area contributed by atoms with Crippen LogP contribution in [0.3, 0.4) is 0 Å². The van der Waals surface area contributed by atoms with Crippen molar-refractivity contribution in [2.24, 2.45) is 0 Å². The summed E-state index contributed by atoms with van der Waals surface area (Å²) < 4.78 is 21.3. The van der Waals surface area contributed by atoms with E-state index in [1.807, 2.05) is 0 Å². The first-order chi connectivity index (χ1) is 11.0. The maximum Gasteiger partial charge on any atom is 0.123 e. The Kier molecular flexibility index (Phi) is 15.2. The fourth-order valence-corrected chi connectivity index (χ4v) is 1.59. The van der Waals surface area contributed by atoms with Crippen LogP contribution in [0.4, 0.5) is 0 Å². The number of halogens is 1. The summed E-state index contributed by atoms with van der Waals surface area (Å²) in [5, 5.41) is 21.9. The third-order valence-electron chi connectivity index (χ3n) is 2.66. The molecule has 0 aromatic rings. The lowest BCUT2D eigenvalue weighted by molar-refractivity contribution is -0.00518. The van der Waals surface area contributed by atoms with Crippen molar-refractivity contribution in [3.05, 3.63) is 12.3 Å². The normalized spacial score (nSPS) is 13.9. The van der Waals surface area contributed by atoms with Crippen LogP contribution in [0, 0.1) is 0 Å². The third-order valence-corrected chi connectivity index (χ3v) is 3.76. The van der Waals surface area contributed by atoms with Crippen LogP contribution in [0.1, 0.15) is 13.3 Å². The van der Waals surface area contributed by atoms with E-state index in [1.54, 1.807) is 6.92 Å². The summed E-state index contributed by atoms with van der Waals surface area (Å²) in [4.78, 5) is 0. The predicted molar refractivity (Wildman–Crippen MR) is 92.1 cm³/mol. The molecule has 0 spiro atoms. The van der Waals surface area contributed by atoms with Crippen LogP contribution in [0.15, 0.2) is 12.3 Å². The van der Waals surface area contributed by atoms with Crippen LogP contribution in [0.5, 0.6) is 0 Å². The van der Waals surface area contributed by atoms with Gasteiger partial charge in [-0.1, -0.05) is 22.5 Å². The molecule has 0 radical (unpaired) electrons. The fourth-order valence-electron chi connectivity index (χ4n) is 1.39. The van der Waals surface area contributed by atoms with E-state index < -0.39 is 5.72 Å². The molecule has 0 amide bonds. The Bertz CT molecular complexity index is 291. The summed E-state index contributed by atoms with van der Waals surface area (Å²) in [6, 6.07) is 0. The molecule has 0 saturated heterocycles. The number of hydrogen-bond donors (Lipinski definition) is 3. The molecule has 23 heavy (non-hydrogen) atoms. The molecule has 0 fully saturated rings. The summed E-state index contributed by atoms with van der Waals surface area (Å²) in [7, 11) is 0. The average molecular weight is 400 g/mol. The quantitative estimate of drug-likeness (QED) is 0.146. The van der Waals surface area contributed by atoms with Gasteiger partial charge in [-0.25, -0.2) is 0 Å². The molecule has 7 nitrogen and oxygen atoms in total. The van der Waals surface area contributed by atoms with Crippen molar-refractivity contribution in [3.63, 3.8) is 0 Å². The number of hydrogen-bond acceptors (Lipinski definition) is 7. The molecule has 138 valence electrons. The Morgan fingerprint density at radius 3 is 1.83 bits per heavy atom. The minimum atomic E-state index is -0.910. The summed E-state index contributed by atoms with van der Waals surface area (Å²) in [6.07, 6.45) is 0.451. The smallest absolute Gasteiger partial charge is 0.123 e. The van der Waals surface area contributed by atoms with E-state index in [-0.39, 0.29) is 5.76 Å². The second-order valence-electron chi connectivity index (χ2n) is 5.10. The van der Waals surface area contributed by atoms with Gasteiger partial charge in [0.1, 0.15) is 5.72 Å². The van der Waals surface area contributed by atoms with E-state index >= 15 is 0 Å². The van der Waals surface area contributed by atoms with Gasteiger partial charge in [-0.3, -0.25) is 5.32 Å². The number of alkyl halides is 1. The Labute approximate surface area is 147 Å². The van der Waals surface area contributed by atoms with Crippen LogP contribution in [-0.4, -0.2) is 80.7 Å². The van der Waals surface area contributed by atoms with Crippen LogP contribution < -0.4 is 5.32 Å². The molecule has 0 heterocycles. The van der Waals surface area contributed by atoms with Gasteiger partial charge >= 0.3 is 0 Å². The molecule has 0 aromatic heterocycles. The number of nitrogens with one attached hydrogen (secondary N) is 1. The standard InChI is InChI=1S/C15H30BrNO6/c1-14(18)3-5-20-7-9-22-11-12-23-10-8-21-6-4-17-15(2,19)13-16/h17-19H,1,3-13H2,2H3. The first-order valence-corrected chi connectivity index (χ1v) is 8.81. The van der Waals surface area contributed by atoms with Gasteiger partial charge < -0.3 is 29.2 Å². The molecular weight excluding hydrogens is 370 g/mol. The van der Waals surface area contributed by atoms with E-state index in [0.717, 1.165) is 0 Å². The molecule has 0 aromatic carbocycles. The van der Waals surface area contributed by atoms with E-state index in [1.165, 1.54) is 0 Å². The largest absolute Gasteiger partial charge is 0.513 e. The van der Waals surface area contributed by atoms with E-state index in [0.29, 0.717) is 71.2 Å². The number of rotatable bonds is 17. The number of aliphatic hydroxyl groups excluding tert-OH is 1. The van der Waals surface area contributed by atoms with E-state index in [2.05, 4.69) is 27.8 Å². The SMILES string of the molecule is C=C(O)CCOCCOCCOCCOCCNC(C)(O)CBr. The molecule has 0 saturated carbocycles. The second-order valence-corrected chi connectivity index (χ2v) is 5.66. The maximum atomic E-state index is 9.66. The van der Waals surface area contributed by atoms with Gasteiger partial charge in [-0.15, -0.1) is 0 Å². The molecule has 1 atom stereocenters. The van der Waals surface area contributed by atoms with Crippen LogP contribution in [0.25, 0.3) is 0 Å². The van der Waals surface area contributed by atoms with Crippen LogP contribution in [-0.2, 0) is 18.9 Å². The monoisotopic (exact) mass is 399 g/mol. The van der Waals surface area contributed by atoms with Gasteiger partial charge in [0.25, 0.3) is 0 Å². The first-order valence-electron chi connectivity index (χ1n) is 7.69. The minimum absolute atomic E-state index is 0.130. The zero-order valence-electron chi connectivity index (χ0n) is 13.9. The lowest BCUT2D eigenvalue weighted by Crippen LogP contribution is -2.45. The molecule has 8 heteroatoms. The van der Waals surface area contributed by atoms with Crippen molar-refractivity contribution in [1.29, 1.82) is 0 Å². The molecule has 0 aliphatic heterocycles. The van der Waals surface area contributed by atoms with Crippen molar-refractivity contribution >= 4 is 15.9 Å². The molecule has 0 aliphatic carbocycles. The van der Waals surface area contributed by atoms with Crippen molar-refractivity contribution in [1.82, 2.24) is 5.32 Å². The Balaban J connectivity index is 3.09. The summed E-state index contributed by atoms with van der Waals surface area (Å²) in [5.41, 5.74) is -0.910. The second kappa shape index (κ2) is 15.3. The van der Waals surface area contributed by atoms with E-state index in [9.17, 15) is 5.11 Å².